The lowest BCUT2D eigenvalue weighted by Gasteiger charge is -2.32. The Hall–Kier alpha value is -3.95. The minimum absolute atomic E-state index is 0.195. The second kappa shape index (κ2) is 10.3. The number of aromatic nitrogens is 1. The number of fused-ring (bicyclic) bond motifs is 5. The number of nitrogens with zero attached hydrogens (tertiary/aromatic N) is 3. The van der Waals surface area contributed by atoms with E-state index >= 15 is 0 Å². The Labute approximate surface area is 232 Å². The Balaban J connectivity index is 1.47. The van der Waals surface area contributed by atoms with Crippen molar-refractivity contribution in [3.05, 3.63) is 88.1 Å². The van der Waals surface area contributed by atoms with E-state index in [0.29, 0.717) is 23.7 Å². The molecule has 2 aliphatic heterocycles. The molecule has 0 spiro atoms. The van der Waals surface area contributed by atoms with Crippen molar-refractivity contribution in [2.45, 2.75) is 25.6 Å². The number of hydrogen-bond donors (Lipinski definition) is 1. The van der Waals surface area contributed by atoms with Gasteiger partial charge in [0, 0.05) is 53.6 Å². The summed E-state index contributed by atoms with van der Waals surface area (Å²) in [5, 5.41) is 4.33. The molecule has 2 amide bonds. The van der Waals surface area contributed by atoms with Crippen molar-refractivity contribution in [2.24, 2.45) is 0 Å². The maximum atomic E-state index is 14.2. The van der Waals surface area contributed by atoms with Gasteiger partial charge >= 0.3 is 6.03 Å². The van der Waals surface area contributed by atoms with E-state index in [-0.39, 0.29) is 12.1 Å². The third-order valence-corrected chi connectivity index (χ3v) is 8.81. The summed E-state index contributed by atoms with van der Waals surface area (Å²) < 4.78 is 18.6. The van der Waals surface area contributed by atoms with Crippen LogP contribution in [0.15, 0.2) is 60.8 Å². The van der Waals surface area contributed by atoms with Gasteiger partial charge in [0.05, 0.1) is 39.6 Å². The molecule has 0 radical (unpaired) electrons. The highest BCUT2D eigenvalue weighted by Crippen LogP contribution is 2.44. The van der Waals surface area contributed by atoms with Gasteiger partial charge in [0.2, 0.25) is 0 Å². The zero-order valence-corrected chi connectivity index (χ0v) is 23.4. The first-order valence-corrected chi connectivity index (χ1v) is 13.7. The van der Waals surface area contributed by atoms with Crippen LogP contribution >= 0.6 is 11.3 Å². The standard InChI is InChI=1S/C30H32N4O4S/c1-32-13-11-24-25-17-34(30(35)31-20-14-22(37-3)16-23(15-20)38-4)28(19-7-9-21(36-2)10-8-19)26-6-5-12-33(26)29(25)39-27(24)18-32/h5-10,12,14-16,28H,11,13,17-18H2,1-4H3,(H,31,35). The minimum atomic E-state index is -0.306. The van der Waals surface area contributed by atoms with Crippen LogP contribution in [0.5, 0.6) is 17.2 Å². The Kier molecular flexibility index (Phi) is 6.70. The topological polar surface area (TPSA) is 68.2 Å². The van der Waals surface area contributed by atoms with Crippen molar-refractivity contribution in [3.8, 4) is 22.2 Å². The number of nitrogens with one attached hydrogen (secondary N) is 1. The van der Waals surface area contributed by atoms with Crippen LogP contribution in [0, 0.1) is 0 Å². The monoisotopic (exact) mass is 544 g/mol. The molecule has 4 heterocycles. The number of carbonyl (C=O) groups excluding carboxylic acids is 1. The third-order valence-electron chi connectivity index (χ3n) is 7.55. The fourth-order valence-electron chi connectivity index (χ4n) is 5.56. The number of methoxy groups -OCH3 is 3. The van der Waals surface area contributed by atoms with Gasteiger partial charge in [-0.2, -0.15) is 0 Å². The molecular weight excluding hydrogens is 512 g/mol. The van der Waals surface area contributed by atoms with Gasteiger partial charge in [0.25, 0.3) is 0 Å². The van der Waals surface area contributed by atoms with Crippen LogP contribution in [0.4, 0.5) is 10.5 Å². The van der Waals surface area contributed by atoms with E-state index in [2.05, 4.69) is 40.2 Å². The molecule has 0 saturated carbocycles. The van der Waals surface area contributed by atoms with E-state index < -0.39 is 0 Å². The first-order chi connectivity index (χ1) is 19.0. The fourth-order valence-corrected chi connectivity index (χ4v) is 7.01. The van der Waals surface area contributed by atoms with E-state index in [4.69, 9.17) is 14.2 Å². The number of benzene rings is 2. The predicted molar refractivity (Wildman–Crippen MR) is 153 cm³/mol. The number of carbonyl (C=O) groups is 1. The van der Waals surface area contributed by atoms with Crippen LogP contribution in [-0.4, -0.2) is 55.3 Å². The Morgan fingerprint density at radius 2 is 1.64 bits per heavy atom. The summed E-state index contributed by atoms with van der Waals surface area (Å²) in [7, 11) is 7.02. The molecule has 1 unspecified atom stereocenters. The zero-order valence-electron chi connectivity index (χ0n) is 22.6. The first kappa shape index (κ1) is 25.3. The van der Waals surface area contributed by atoms with Gasteiger partial charge in [-0.3, -0.25) is 0 Å². The smallest absolute Gasteiger partial charge is 0.322 e. The lowest BCUT2D eigenvalue weighted by Crippen LogP contribution is -2.38. The summed E-state index contributed by atoms with van der Waals surface area (Å²) in [5.41, 5.74) is 5.28. The Morgan fingerprint density at radius 1 is 0.923 bits per heavy atom. The molecule has 0 saturated heterocycles. The summed E-state index contributed by atoms with van der Waals surface area (Å²) in [6.07, 6.45) is 3.09. The number of urea groups is 1. The number of rotatable bonds is 5. The SMILES string of the molecule is COc1ccc(C2c3cccn3-c3sc4c(c3CN2C(=O)Nc2cc(OC)cc(OC)c2)CCN(C)C4)cc1. The zero-order chi connectivity index (χ0) is 27.1. The number of thiophene rings is 1. The Morgan fingerprint density at radius 3 is 2.33 bits per heavy atom. The first-order valence-electron chi connectivity index (χ1n) is 12.9. The molecule has 1 atom stereocenters. The lowest BCUT2D eigenvalue weighted by molar-refractivity contribution is 0.194. The maximum absolute atomic E-state index is 14.2. The molecule has 2 aromatic heterocycles. The highest BCUT2D eigenvalue weighted by Gasteiger charge is 2.36. The second-order valence-corrected chi connectivity index (χ2v) is 11.0. The largest absolute Gasteiger partial charge is 0.497 e. The second-order valence-electron chi connectivity index (χ2n) is 9.91. The molecule has 202 valence electrons. The molecular formula is C30H32N4O4S. The average molecular weight is 545 g/mol. The van der Waals surface area contributed by atoms with Crippen LogP contribution in [0.25, 0.3) is 5.00 Å². The van der Waals surface area contributed by atoms with Crippen LogP contribution in [0.1, 0.15) is 33.3 Å². The van der Waals surface area contributed by atoms with Gasteiger partial charge in [-0.05, 0) is 48.9 Å². The van der Waals surface area contributed by atoms with Crippen molar-refractivity contribution in [1.82, 2.24) is 14.4 Å². The molecule has 1 N–H and O–H groups in total. The van der Waals surface area contributed by atoms with Gasteiger partial charge in [0.15, 0.2) is 0 Å². The van der Waals surface area contributed by atoms with E-state index in [9.17, 15) is 4.79 Å². The van der Waals surface area contributed by atoms with Crippen molar-refractivity contribution < 1.29 is 19.0 Å². The van der Waals surface area contributed by atoms with E-state index in [0.717, 1.165) is 36.5 Å². The normalized spacial score (nSPS) is 16.5. The molecule has 9 heteroatoms. The van der Waals surface area contributed by atoms with Crippen LogP contribution in [-0.2, 0) is 19.5 Å². The van der Waals surface area contributed by atoms with E-state index in [1.54, 1.807) is 39.5 Å². The van der Waals surface area contributed by atoms with Crippen LogP contribution in [0.3, 0.4) is 0 Å². The molecule has 4 aromatic rings. The van der Waals surface area contributed by atoms with E-state index in [1.807, 2.05) is 40.5 Å². The molecule has 2 aromatic carbocycles. The molecule has 0 fully saturated rings. The molecule has 8 nitrogen and oxygen atoms in total. The van der Waals surface area contributed by atoms with Crippen molar-refractivity contribution >= 4 is 23.1 Å². The quantitative estimate of drug-likeness (QED) is 0.350. The lowest BCUT2D eigenvalue weighted by atomic mass is 10.00. The Bertz CT molecular complexity index is 1490. The predicted octanol–water partition coefficient (Wildman–Crippen LogP) is 5.69. The molecule has 39 heavy (non-hydrogen) atoms. The van der Waals surface area contributed by atoms with Gasteiger partial charge in [-0.1, -0.05) is 12.1 Å². The number of anilines is 1. The fraction of sp³-hybridized carbons (Fsp3) is 0.300. The van der Waals surface area contributed by atoms with Gasteiger partial charge in [0.1, 0.15) is 22.2 Å². The van der Waals surface area contributed by atoms with Gasteiger partial charge in [-0.25, -0.2) is 4.79 Å². The average Bonchev–Trinajstić information content (AvgIpc) is 3.54. The number of ether oxygens (including phenoxy) is 3. The highest BCUT2D eigenvalue weighted by molar-refractivity contribution is 7.15. The summed E-state index contributed by atoms with van der Waals surface area (Å²) >= 11 is 1.84. The molecule has 0 bridgehead atoms. The summed E-state index contributed by atoms with van der Waals surface area (Å²) in [4.78, 5) is 19.9. The number of likely N-dealkylation sites (N-methyl/N-ethyl adjacent to an activating group) is 1. The summed E-state index contributed by atoms with van der Waals surface area (Å²) in [6, 6.07) is 17.1. The van der Waals surface area contributed by atoms with Crippen molar-refractivity contribution in [2.75, 3.05) is 40.2 Å². The molecule has 0 aliphatic carbocycles. The van der Waals surface area contributed by atoms with Gasteiger partial charge in [-0.15, -0.1) is 11.3 Å². The van der Waals surface area contributed by atoms with E-state index in [1.165, 1.54) is 21.0 Å². The van der Waals surface area contributed by atoms with Crippen molar-refractivity contribution in [3.63, 3.8) is 0 Å². The highest BCUT2D eigenvalue weighted by atomic mass is 32.1. The molecule has 2 aliphatic rings. The van der Waals surface area contributed by atoms with Crippen molar-refractivity contribution in [1.29, 1.82) is 0 Å². The van der Waals surface area contributed by atoms with Crippen LogP contribution < -0.4 is 19.5 Å². The number of hydrogen-bond acceptors (Lipinski definition) is 6. The maximum Gasteiger partial charge on any atom is 0.322 e. The minimum Gasteiger partial charge on any atom is -0.497 e. The molecule has 6 rings (SSSR count). The van der Waals surface area contributed by atoms with Crippen LogP contribution in [0.2, 0.25) is 0 Å². The summed E-state index contributed by atoms with van der Waals surface area (Å²) in [5.74, 6) is 2.00. The summed E-state index contributed by atoms with van der Waals surface area (Å²) in [6.45, 7) is 2.43. The third kappa shape index (κ3) is 4.62. The van der Waals surface area contributed by atoms with Gasteiger partial charge < -0.3 is 33.9 Å². The number of amides is 2.